The number of benzene rings is 2. The summed E-state index contributed by atoms with van der Waals surface area (Å²) in [5, 5.41) is 0. The van der Waals surface area contributed by atoms with Gasteiger partial charge in [0.05, 0.1) is 0 Å². The molecule has 0 radical (unpaired) electrons. The number of likely N-dealkylation sites (tertiary alicyclic amines) is 1. The minimum atomic E-state index is 0.824. The van der Waals surface area contributed by atoms with Gasteiger partial charge in [-0.2, -0.15) is 0 Å². The van der Waals surface area contributed by atoms with Crippen molar-refractivity contribution in [1.29, 1.82) is 0 Å². The van der Waals surface area contributed by atoms with Crippen molar-refractivity contribution in [3.05, 3.63) is 77.4 Å². The molecule has 1 fully saturated rings. The van der Waals surface area contributed by atoms with Crippen molar-refractivity contribution in [3.63, 3.8) is 0 Å². The minimum Gasteiger partial charge on any atom is -0.330 e. The average Bonchev–Trinajstić information content (AvgIpc) is 2.68. The van der Waals surface area contributed by atoms with Crippen LogP contribution < -0.4 is 5.73 Å². The van der Waals surface area contributed by atoms with E-state index in [4.69, 9.17) is 5.73 Å². The molecule has 0 unspecified atom stereocenters. The number of unbranched alkanes of at least 4 members (excludes halogenated alkanes) is 2. The van der Waals surface area contributed by atoms with Gasteiger partial charge in [0.15, 0.2) is 0 Å². The van der Waals surface area contributed by atoms with Crippen LogP contribution in [0.5, 0.6) is 0 Å². The molecule has 2 heteroatoms. The van der Waals surface area contributed by atoms with Gasteiger partial charge in [0.25, 0.3) is 0 Å². The number of hydrogen-bond acceptors (Lipinski definition) is 2. The van der Waals surface area contributed by atoms with Gasteiger partial charge in [0, 0.05) is 13.1 Å². The van der Waals surface area contributed by atoms with E-state index in [-0.39, 0.29) is 0 Å². The smallest absolute Gasteiger partial charge is 0.00190 e. The summed E-state index contributed by atoms with van der Waals surface area (Å²) in [5.74, 6) is 0. The number of nitrogens with two attached hydrogens (primary N) is 1. The molecule has 1 aliphatic rings. The Balaban J connectivity index is 1.74. The second-order valence-electron chi connectivity index (χ2n) is 6.90. The largest absolute Gasteiger partial charge is 0.330 e. The fourth-order valence-electron chi connectivity index (χ4n) is 3.74. The van der Waals surface area contributed by atoms with Crippen molar-refractivity contribution in [2.75, 3.05) is 26.2 Å². The third kappa shape index (κ3) is 5.04. The molecule has 1 aliphatic heterocycles. The molecule has 0 aromatic heterocycles. The van der Waals surface area contributed by atoms with Gasteiger partial charge in [0.1, 0.15) is 0 Å². The molecule has 0 spiro atoms. The van der Waals surface area contributed by atoms with Gasteiger partial charge in [-0.15, -0.1) is 0 Å². The minimum absolute atomic E-state index is 0.824. The number of hydrogen-bond donors (Lipinski definition) is 1. The number of nitrogens with zero attached hydrogens (tertiary/aromatic N) is 1. The molecule has 132 valence electrons. The average molecular weight is 335 g/mol. The summed E-state index contributed by atoms with van der Waals surface area (Å²) in [6.07, 6.45) is 6.05. The first-order valence-corrected chi connectivity index (χ1v) is 9.64. The van der Waals surface area contributed by atoms with Gasteiger partial charge in [-0.05, 0) is 55.5 Å². The van der Waals surface area contributed by atoms with Crippen molar-refractivity contribution < 1.29 is 0 Å². The van der Waals surface area contributed by atoms with Crippen molar-refractivity contribution in [1.82, 2.24) is 4.90 Å². The third-order valence-corrected chi connectivity index (χ3v) is 5.12. The molecule has 2 N–H and O–H groups in total. The van der Waals surface area contributed by atoms with Crippen LogP contribution >= 0.6 is 0 Å². The van der Waals surface area contributed by atoms with Crippen LogP contribution in [0.2, 0.25) is 0 Å². The van der Waals surface area contributed by atoms with Crippen LogP contribution in [0.3, 0.4) is 0 Å². The highest BCUT2D eigenvalue weighted by Crippen LogP contribution is 2.32. The van der Waals surface area contributed by atoms with Crippen LogP contribution in [0, 0.1) is 0 Å². The highest BCUT2D eigenvalue weighted by molar-refractivity contribution is 5.82. The lowest BCUT2D eigenvalue weighted by atomic mass is 9.88. The third-order valence-electron chi connectivity index (χ3n) is 5.12. The zero-order chi connectivity index (χ0) is 17.3. The lowest BCUT2D eigenvalue weighted by Gasteiger charge is -2.30. The maximum absolute atomic E-state index is 5.59. The Hall–Kier alpha value is -1.90. The van der Waals surface area contributed by atoms with Crippen LogP contribution in [-0.4, -0.2) is 31.1 Å². The topological polar surface area (TPSA) is 29.3 Å². The quantitative estimate of drug-likeness (QED) is 0.743. The van der Waals surface area contributed by atoms with Gasteiger partial charge in [-0.1, -0.05) is 72.7 Å². The molecule has 1 heterocycles. The van der Waals surface area contributed by atoms with E-state index >= 15 is 0 Å². The van der Waals surface area contributed by atoms with Crippen LogP contribution in [0.25, 0.3) is 5.57 Å². The summed E-state index contributed by atoms with van der Waals surface area (Å²) in [4.78, 5) is 2.62. The Morgan fingerprint density at radius 2 is 1.32 bits per heavy atom. The highest BCUT2D eigenvalue weighted by atomic mass is 15.1. The van der Waals surface area contributed by atoms with Crippen molar-refractivity contribution >= 4 is 5.57 Å². The van der Waals surface area contributed by atoms with E-state index < -0.39 is 0 Å². The van der Waals surface area contributed by atoms with Crippen molar-refractivity contribution in [2.24, 2.45) is 5.73 Å². The molecule has 0 saturated carbocycles. The molecule has 1 saturated heterocycles. The summed E-state index contributed by atoms with van der Waals surface area (Å²) >= 11 is 0. The van der Waals surface area contributed by atoms with E-state index in [9.17, 15) is 0 Å². The normalized spacial score (nSPS) is 15.3. The van der Waals surface area contributed by atoms with Crippen molar-refractivity contribution in [2.45, 2.75) is 32.1 Å². The molecule has 3 rings (SSSR count). The van der Waals surface area contributed by atoms with Crippen LogP contribution in [0.15, 0.2) is 66.2 Å². The Labute approximate surface area is 152 Å². The molecular weight excluding hydrogens is 304 g/mol. The fraction of sp³-hybridized carbons (Fsp3) is 0.391. The zero-order valence-corrected chi connectivity index (χ0v) is 15.2. The summed E-state index contributed by atoms with van der Waals surface area (Å²) < 4.78 is 0. The first-order chi connectivity index (χ1) is 12.4. The predicted molar refractivity (Wildman–Crippen MR) is 107 cm³/mol. The monoisotopic (exact) mass is 334 g/mol. The summed E-state index contributed by atoms with van der Waals surface area (Å²) in [7, 11) is 0. The lowest BCUT2D eigenvalue weighted by Crippen LogP contribution is -2.32. The fourth-order valence-corrected chi connectivity index (χ4v) is 3.74. The zero-order valence-electron chi connectivity index (χ0n) is 15.2. The van der Waals surface area contributed by atoms with Gasteiger partial charge >= 0.3 is 0 Å². The van der Waals surface area contributed by atoms with Crippen LogP contribution in [0.1, 0.15) is 43.2 Å². The Morgan fingerprint density at radius 1 is 0.760 bits per heavy atom. The molecular formula is C23H30N2. The SMILES string of the molecule is NCCCCCN1CCC(=C(c2ccccc2)c2ccccc2)CC1. The second kappa shape index (κ2) is 9.55. The van der Waals surface area contributed by atoms with E-state index in [1.807, 2.05) is 0 Å². The van der Waals surface area contributed by atoms with E-state index in [1.165, 1.54) is 62.0 Å². The standard InChI is InChI=1S/C23H30N2/c24-16-8-3-9-17-25-18-14-22(15-19-25)23(20-10-4-1-5-11-20)21-12-6-2-7-13-21/h1-2,4-7,10-13H,3,8-9,14-19,24H2. The van der Waals surface area contributed by atoms with E-state index in [0.29, 0.717) is 0 Å². The van der Waals surface area contributed by atoms with Gasteiger partial charge in [-0.3, -0.25) is 0 Å². The second-order valence-corrected chi connectivity index (χ2v) is 6.90. The molecule has 0 aliphatic carbocycles. The molecule has 0 bridgehead atoms. The summed E-state index contributed by atoms with van der Waals surface area (Å²) in [6, 6.07) is 21.8. The van der Waals surface area contributed by atoms with Crippen LogP contribution in [0.4, 0.5) is 0 Å². The maximum Gasteiger partial charge on any atom is 0.00190 e. The summed E-state index contributed by atoms with van der Waals surface area (Å²) in [6.45, 7) is 4.41. The molecule has 2 nitrogen and oxygen atoms in total. The molecule has 2 aromatic carbocycles. The summed E-state index contributed by atoms with van der Waals surface area (Å²) in [5.41, 5.74) is 11.3. The van der Waals surface area contributed by atoms with Crippen molar-refractivity contribution in [3.8, 4) is 0 Å². The molecule has 2 aromatic rings. The molecule has 0 amide bonds. The van der Waals surface area contributed by atoms with E-state index in [1.54, 1.807) is 5.57 Å². The first kappa shape index (κ1) is 17.9. The first-order valence-electron chi connectivity index (χ1n) is 9.64. The number of rotatable bonds is 7. The van der Waals surface area contributed by atoms with E-state index in [2.05, 4.69) is 65.6 Å². The maximum atomic E-state index is 5.59. The molecule has 0 atom stereocenters. The van der Waals surface area contributed by atoms with Crippen LogP contribution in [-0.2, 0) is 0 Å². The molecule has 25 heavy (non-hydrogen) atoms. The predicted octanol–water partition coefficient (Wildman–Crippen LogP) is 4.71. The number of piperidine rings is 1. The van der Waals surface area contributed by atoms with E-state index in [0.717, 1.165) is 13.0 Å². The Bertz CT molecular complexity index is 610. The Morgan fingerprint density at radius 3 is 1.84 bits per heavy atom. The Kier molecular flexibility index (Phi) is 6.84. The lowest BCUT2D eigenvalue weighted by molar-refractivity contribution is 0.251. The van der Waals surface area contributed by atoms with Gasteiger partial charge in [0.2, 0.25) is 0 Å². The van der Waals surface area contributed by atoms with Gasteiger partial charge < -0.3 is 10.6 Å². The highest BCUT2D eigenvalue weighted by Gasteiger charge is 2.18. The van der Waals surface area contributed by atoms with Gasteiger partial charge in [-0.25, -0.2) is 0 Å².